The Hall–Kier alpha value is -1.36. The average Bonchev–Trinajstić information content (AvgIpc) is 2.92. The molecule has 0 aliphatic carbocycles. The minimum atomic E-state index is -0.990. The predicted octanol–water partition coefficient (Wildman–Crippen LogP) is 4.68. The lowest BCUT2D eigenvalue weighted by atomic mass is 9.79. The molecule has 1 aliphatic rings. The maximum absolute atomic E-state index is 12.4. The Morgan fingerprint density at radius 1 is 1.07 bits per heavy atom. The number of hydrogen-bond acceptors (Lipinski definition) is 4. The van der Waals surface area contributed by atoms with Crippen LogP contribution in [0.1, 0.15) is 79.0 Å². The molecular weight excluding hydrogens is 358 g/mol. The number of phenols is 1. The molecule has 5 heteroatoms. The molecule has 0 unspecified atom stereocenters. The van der Waals surface area contributed by atoms with Gasteiger partial charge >= 0.3 is 0 Å². The minimum Gasteiger partial charge on any atom is -0.507 e. The van der Waals surface area contributed by atoms with Crippen LogP contribution in [0.2, 0.25) is 0 Å². The summed E-state index contributed by atoms with van der Waals surface area (Å²) in [5.74, 6) is 1.16. The zero-order valence-electron chi connectivity index (χ0n) is 18.3. The fourth-order valence-electron chi connectivity index (χ4n) is 2.88. The van der Waals surface area contributed by atoms with E-state index in [2.05, 4.69) is 52.6 Å². The van der Waals surface area contributed by atoms with Gasteiger partial charge in [-0.1, -0.05) is 47.6 Å². The predicted molar refractivity (Wildman–Crippen MR) is 115 cm³/mol. The van der Waals surface area contributed by atoms with Gasteiger partial charge in [-0.3, -0.25) is 4.21 Å². The van der Waals surface area contributed by atoms with Crippen molar-refractivity contribution < 1.29 is 14.1 Å². The molecule has 0 spiro atoms. The monoisotopic (exact) mass is 393 g/mol. The first kappa shape index (κ1) is 21.9. The van der Waals surface area contributed by atoms with Gasteiger partial charge in [0.15, 0.2) is 0 Å². The number of aromatic hydroxyl groups is 1. The molecule has 2 atom stereocenters. The molecular formula is C22H35NO3S. The van der Waals surface area contributed by atoms with Crippen molar-refractivity contribution in [2.45, 2.75) is 83.9 Å². The van der Waals surface area contributed by atoms with Gasteiger partial charge in [-0.05, 0) is 43.2 Å². The highest BCUT2D eigenvalue weighted by atomic mass is 32.2. The second-order valence-electron chi connectivity index (χ2n) is 10.4. The summed E-state index contributed by atoms with van der Waals surface area (Å²) in [5, 5.41) is 11.0. The topological polar surface area (TPSA) is 58.9 Å². The minimum absolute atomic E-state index is 0.0608. The third-order valence-electron chi connectivity index (χ3n) is 4.75. The van der Waals surface area contributed by atoms with Gasteiger partial charge in [0.05, 0.1) is 11.6 Å². The van der Waals surface area contributed by atoms with E-state index in [1.54, 1.807) is 0 Å². The summed E-state index contributed by atoms with van der Waals surface area (Å²) in [6.45, 7) is 19.0. The van der Waals surface area contributed by atoms with Crippen LogP contribution < -0.4 is 0 Å². The Kier molecular flexibility index (Phi) is 5.87. The molecule has 0 saturated carbocycles. The SMILES string of the molecule is CC(C)(C)c1cc(C2=N[C@@H](C[S@](=O)C(C)(C)C)CO2)c(O)c(C(C)(C)C)c1. The van der Waals surface area contributed by atoms with Crippen molar-refractivity contribution in [3.8, 4) is 5.75 Å². The Labute approximate surface area is 166 Å². The number of hydrogen-bond donors (Lipinski definition) is 1. The largest absolute Gasteiger partial charge is 0.507 e. The maximum Gasteiger partial charge on any atom is 0.220 e. The van der Waals surface area contributed by atoms with Gasteiger partial charge in [-0.25, -0.2) is 4.99 Å². The first-order valence-electron chi connectivity index (χ1n) is 9.58. The van der Waals surface area contributed by atoms with Crippen LogP contribution in [0.15, 0.2) is 17.1 Å². The molecule has 0 amide bonds. The van der Waals surface area contributed by atoms with Gasteiger partial charge in [-0.2, -0.15) is 0 Å². The van der Waals surface area contributed by atoms with E-state index in [9.17, 15) is 9.32 Å². The van der Waals surface area contributed by atoms with Crippen molar-refractivity contribution in [2.24, 2.45) is 4.99 Å². The lowest BCUT2D eigenvalue weighted by Crippen LogP contribution is -2.29. The highest BCUT2D eigenvalue weighted by Gasteiger charge is 2.31. The Balaban J connectivity index is 2.46. The van der Waals surface area contributed by atoms with Crippen molar-refractivity contribution in [2.75, 3.05) is 12.4 Å². The molecule has 1 N–H and O–H groups in total. The second kappa shape index (κ2) is 7.23. The molecule has 152 valence electrons. The number of rotatable bonds is 3. The highest BCUT2D eigenvalue weighted by molar-refractivity contribution is 7.86. The average molecular weight is 394 g/mol. The van der Waals surface area contributed by atoms with Gasteiger partial charge in [0.1, 0.15) is 12.4 Å². The Morgan fingerprint density at radius 3 is 2.15 bits per heavy atom. The van der Waals surface area contributed by atoms with Gasteiger partial charge in [0.2, 0.25) is 5.90 Å². The van der Waals surface area contributed by atoms with Crippen molar-refractivity contribution >= 4 is 16.7 Å². The molecule has 2 rings (SSSR count). The van der Waals surface area contributed by atoms with E-state index in [1.165, 1.54) is 0 Å². The first-order valence-corrected chi connectivity index (χ1v) is 10.9. The summed E-state index contributed by atoms with van der Waals surface area (Å²) in [6.07, 6.45) is 0. The van der Waals surface area contributed by atoms with Crippen molar-refractivity contribution in [1.82, 2.24) is 0 Å². The lowest BCUT2D eigenvalue weighted by Gasteiger charge is -2.27. The van der Waals surface area contributed by atoms with Crippen LogP contribution >= 0.6 is 0 Å². The van der Waals surface area contributed by atoms with Crippen LogP contribution in [-0.4, -0.2) is 38.4 Å². The Morgan fingerprint density at radius 2 is 1.67 bits per heavy atom. The molecule has 0 fully saturated rings. The second-order valence-corrected chi connectivity index (χ2v) is 12.7. The smallest absolute Gasteiger partial charge is 0.220 e. The van der Waals surface area contributed by atoms with E-state index in [0.717, 1.165) is 11.1 Å². The summed E-state index contributed by atoms with van der Waals surface area (Å²) in [4.78, 5) is 4.66. The van der Waals surface area contributed by atoms with Crippen LogP contribution in [-0.2, 0) is 26.4 Å². The van der Waals surface area contributed by atoms with E-state index >= 15 is 0 Å². The van der Waals surface area contributed by atoms with Gasteiger partial charge in [-0.15, -0.1) is 0 Å². The Bertz CT molecular complexity index is 761. The van der Waals surface area contributed by atoms with Crippen LogP contribution in [0.4, 0.5) is 0 Å². The normalized spacial score (nSPS) is 19.6. The van der Waals surface area contributed by atoms with Crippen LogP contribution in [0.25, 0.3) is 0 Å². The lowest BCUT2D eigenvalue weighted by molar-refractivity contribution is 0.323. The van der Waals surface area contributed by atoms with E-state index in [0.29, 0.717) is 23.8 Å². The number of ether oxygens (including phenoxy) is 1. The zero-order valence-corrected chi connectivity index (χ0v) is 19.1. The summed E-state index contributed by atoms with van der Waals surface area (Å²) < 4.78 is 18.0. The number of aliphatic imine (C=N–C) groups is 1. The highest BCUT2D eigenvalue weighted by Crippen LogP contribution is 2.38. The molecule has 0 radical (unpaired) electrons. The summed E-state index contributed by atoms with van der Waals surface area (Å²) in [6, 6.07) is 3.92. The van der Waals surface area contributed by atoms with E-state index in [1.807, 2.05) is 26.8 Å². The van der Waals surface area contributed by atoms with Crippen molar-refractivity contribution in [1.29, 1.82) is 0 Å². The van der Waals surface area contributed by atoms with Crippen LogP contribution in [0.5, 0.6) is 5.75 Å². The summed E-state index contributed by atoms with van der Waals surface area (Å²) >= 11 is 0. The maximum atomic E-state index is 12.4. The molecule has 4 nitrogen and oxygen atoms in total. The first-order chi connectivity index (χ1) is 12.1. The number of phenolic OH excluding ortho intramolecular Hbond substituents is 1. The van der Waals surface area contributed by atoms with Gasteiger partial charge in [0, 0.05) is 26.9 Å². The van der Waals surface area contributed by atoms with Crippen LogP contribution in [0.3, 0.4) is 0 Å². The molecule has 1 heterocycles. The number of nitrogens with zero attached hydrogens (tertiary/aromatic N) is 1. The van der Waals surface area contributed by atoms with E-state index < -0.39 is 10.8 Å². The third-order valence-corrected chi connectivity index (χ3v) is 6.81. The molecule has 1 aromatic carbocycles. The molecule has 0 bridgehead atoms. The summed E-state index contributed by atoms with van der Waals surface area (Å²) in [5.41, 5.74) is 2.39. The zero-order chi connectivity index (χ0) is 20.8. The standard InChI is InChI=1S/C22H35NO3S/c1-20(2,3)14-10-16(18(24)17(11-14)21(4,5)6)19-23-15(12-26-19)13-27(25)22(7,8)9/h10-11,15,24H,12-13H2,1-9H3/t15-,27+/m1/s1. The van der Waals surface area contributed by atoms with Crippen molar-refractivity contribution in [3.05, 3.63) is 28.8 Å². The third kappa shape index (κ3) is 5.13. The number of benzene rings is 1. The summed E-state index contributed by atoms with van der Waals surface area (Å²) in [7, 11) is -0.990. The van der Waals surface area contributed by atoms with E-state index in [-0.39, 0.29) is 27.4 Å². The van der Waals surface area contributed by atoms with E-state index in [4.69, 9.17) is 4.74 Å². The van der Waals surface area contributed by atoms with Crippen LogP contribution in [0, 0.1) is 0 Å². The molecule has 0 saturated heterocycles. The quantitative estimate of drug-likeness (QED) is 0.811. The van der Waals surface area contributed by atoms with Crippen molar-refractivity contribution in [3.63, 3.8) is 0 Å². The van der Waals surface area contributed by atoms with Gasteiger partial charge < -0.3 is 9.84 Å². The molecule has 27 heavy (non-hydrogen) atoms. The molecule has 1 aliphatic heterocycles. The molecule has 0 aromatic heterocycles. The fourth-order valence-corrected chi connectivity index (χ4v) is 3.90. The van der Waals surface area contributed by atoms with Gasteiger partial charge in [0.25, 0.3) is 0 Å². The fraction of sp³-hybridized carbons (Fsp3) is 0.682. The molecule has 1 aromatic rings.